The van der Waals surface area contributed by atoms with Crippen molar-refractivity contribution in [3.05, 3.63) is 33.9 Å². The van der Waals surface area contributed by atoms with Crippen LogP contribution in [0.4, 0.5) is 5.95 Å². The van der Waals surface area contributed by atoms with Gasteiger partial charge in [0.05, 0.1) is 12.2 Å². The molecule has 2 aromatic heterocycles. The van der Waals surface area contributed by atoms with E-state index < -0.39 is 0 Å². The van der Waals surface area contributed by atoms with Crippen molar-refractivity contribution in [2.75, 3.05) is 5.32 Å². The van der Waals surface area contributed by atoms with E-state index in [1.54, 1.807) is 18.6 Å². The minimum atomic E-state index is 0.636. The Hall–Kier alpha value is -1.18. The SMILES string of the molecule is Cn1nccc1CNc1ncc(I)cn1. The first-order valence-corrected chi connectivity index (χ1v) is 5.52. The minimum absolute atomic E-state index is 0.636. The van der Waals surface area contributed by atoms with Gasteiger partial charge in [-0.25, -0.2) is 9.97 Å². The van der Waals surface area contributed by atoms with E-state index in [1.807, 2.05) is 17.8 Å². The van der Waals surface area contributed by atoms with Gasteiger partial charge < -0.3 is 5.32 Å². The van der Waals surface area contributed by atoms with Crippen LogP contribution >= 0.6 is 22.6 Å². The molecular formula is C9H10IN5. The van der Waals surface area contributed by atoms with Gasteiger partial charge in [0, 0.05) is 29.2 Å². The van der Waals surface area contributed by atoms with Crippen molar-refractivity contribution in [2.45, 2.75) is 6.54 Å². The van der Waals surface area contributed by atoms with Crippen LogP contribution in [-0.2, 0) is 13.6 Å². The molecule has 0 amide bonds. The lowest BCUT2D eigenvalue weighted by Crippen LogP contribution is -2.07. The summed E-state index contributed by atoms with van der Waals surface area (Å²) in [7, 11) is 1.91. The van der Waals surface area contributed by atoms with Gasteiger partial charge in [0.1, 0.15) is 0 Å². The average molecular weight is 315 g/mol. The molecule has 0 aliphatic rings. The summed E-state index contributed by atoms with van der Waals surface area (Å²) >= 11 is 2.17. The predicted octanol–water partition coefficient (Wildman–Crippen LogP) is 1.43. The van der Waals surface area contributed by atoms with Gasteiger partial charge in [-0.15, -0.1) is 0 Å². The first-order chi connectivity index (χ1) is 7.25. The molecule has 6 heteroatoms. The van der Waals surface area contributed by atoms with Gasteiger partial charge in [0.15, 0.2) is 0 Å². The first kappa shape index (κ1) is 10.3. The maximum atomic E-state index is 4.15. The standard InChI is InChI=1S/C9H10IN5/c1-15-8(2-3-14-15)6-13-9-11-4-7(10)5-12-9/h2-5H,6H2,1H3,(H,11,12,13). The maximum absolute atomic E-state index is 4.15. The quantitative estimate of drug-likeness (QED) is 0.871. The van der Waals surface area contributed by atoms with Crippen LogP contribution < -0.4 is 5.32 Å². The molecule has 0 atom stereocenters. The maximum Gasteiger partial charge on any atom is 0.222 e. The van der Waals surface area contributed by atoms with Crippen molar-refractivity contribution >= 4 is 28.5 Å². The third-order valence-electron chi connectivity index (χ3n) is 1.97. The molecule has 0 bridgehead atoms. The smallest absolute Gasteiger partial charge is 0.222 e. The third-order valence-corrected chi connectivity index (χ3v) is 2.53. The van der Waals surface area contributed by atoms with Gasteiger partial charge in [0.2, 0.25) is 5.95 Å². The van der Waals surface area contributed by atoms with Crippen molar-refractivity contribution in [3.63, 3.8) is 0 Å². The zero-order chi connectivity index (χ0) is 10.7. The summed E-state index contributed by atoms with van der Waals surface area (Å²) in [6, 6.07) is 1.96. The Bertz CT molecular complexity index is 436. The number of anilines is 1. The van der Waals surface area contributed by atoms with Crippen molar-refractivity contribution in [2.24, 2.45) is 7.05 Å². The molecule has 0 saturated heterocycles. The van der Waals surface area contributed by atoms with Gasteiger partial charge in [-0.3, -0.25) is 4.68 Å². The lowest BCUT2D eigenvalue weighted by molar-refractivity contribution is 0.719. The van der Waals surface area contributed by atoms with E-state index in [1.165, 1.54) is 0 Å². The van der Waals surface area contributed by atoms with Gasteiger partial charge in [-0.05, 0) is 28.7 Å². The molecule has 78 valence electrons. The second kappa shape index (κ2) is 4.56. The van der Waals surface area contributed by atoms with Gasteiger partial charge in [-0.1, -0.05) is 0 Å². The summed E-state index contributed by atoms with van der Waals surface area (Å²) in [6.07, 6.45) is 5.32. The Kier molecular flexibility index (Phi) is 3.14. The summed E-state index contributed by atoms with van der Waals surface area (Å²) in [6.45, 7) is 0.678. The molecule has 0 aliphatic carbocycles. The van der Waals surface area contributed by atoms with Crippen molar-refractivity contribution < 1.29 is 0 Å². The number of hydrogen-bond donors (Lipinski definition) is 1. The van der Waals surface area contributed by atoms with Crippen molar-refractivity contribution in [1.82, 2.24) is 19.7 Å². The van der Waals surface area contributed by atoms with E-state index in [0.717, 1.165) is 9.26 Å². The topological polar surface area (TPSA) is 55.6 Å². The molecule has 0 aliphatic heterocycles. The third kappa shape index (κ3) is 2.65. The van der Waals surface area contributed by atoms with E-state index in [9.17, 15) is 0 Å². The Morgan fingerprint density at radius 2 is 2.13 bits per heavy atom. The van der Waals surface area contributed by atoms with Crippen molar-refractivity contribution in [1.29, 1.82) is 0 Å². The van der Waals surface area contributed by atoms with Crippen LogP contribution in [0.25, 0.3) is 0 Å². The van der Waals surface area contributed by atoms with E-state index in [2.05, 4.69) is 43.0 Å². The van der Waals surface area contributed by atoms with E-state index in [0.29, 0.717) is 12.5 Å². The highest BCUT2D eigenvalue weighted by molar-refractivity contribution is 14.1. The van der Waals surface area contributed by atoms with Gasteiger partial charge in [0.25, 0.3) is 0 Å². The van der Waals surface area contributed by atoms with Crippen LogP contribution in [0.5, 0.6) is 0 Å². The summed E-state index contributed by atoms with van der Waals surface area (Å²) < 4.78 is 2.85. The van der Waals surface area contributed by atoms with E-state index >= 15 is 0 Å². The first-order valence-electron chi connectivity index (χ1n) is 4.44. The van der Waals surface area contributed by atoms with Crippen LogP contribution in [-0.4, -0.2) is 19.7 Å². The molecule has 2 rings (SSSR count). The Labute approximate surface area is 101 Å². The molecule has 0 aromatic carbocycles. The van der Waals surface area contributed by atoms with Crippen LogP contribution in [0.15, 0.2) is 24.7 Å². The van der Waals surface area contributed by atoms with Crippen LogP contribution in [0.2, 0.25) is 0 Å². The summed E-state index contributed by atoms with van der Waals surface area (Å²) in [4.78, 5) is 8.30. The number of nitrogens with one attached hydrogen (secondary N) is 1. The highest BCUT2D eigenvalue weighted by Crippen LogP contribution is 2.04. The molecule has 5 nitrogen and oxygen atoms in total. The lowest BCUT2D eigenvalue weighted by atomic mass is 10.4. The summed E-state index contributed by atoms with van der Waals surface area (Å²) in [5.74, 6) is 0.636. The fourth-order valence-electron chi connectivity index (χ4n) is 1.15. The monoisotopic (exact) mass is 315 g/mol. The number of halogens is 1. The number of hydrogen-bond acceptors (Lipinski definition) is 4. The zero-order valence-electron chi connectivity index (χ0n) is 8.18. The van der Waals surface area contributed by atoms with Crippen molar-refractivity contribution in [3.8, 4) is 0 Å². The van der Waals surface area contributed by atoms with Gasteiger partial charge in [-0.2, -0.15) is 5.10 Å². The normalized spacial score (nSPS) is 10.3. The van der Waals surface area contributed by atoms with Gasteiger partial charge >= 0.3 is 0 Å². The largest absolute Gasteiger partial charge is 0.349 e. The second-order valence-corrected chi connectivity index (χ2v) is 4.27. The summed E-state index contributed by atoms with van der Waals surface area (Å²) in [5, 5.41) is 7.21. The molecule has 2 heterocycles. The Balaban J connectivity index is 1.99. The molecule has 0 radical (unpaired) electrons. The predicted molar refractivity (Wildman–Crippen MR) is 65.3 cm³/mol. The molecule has 15 heavy (non-hydrogen) atoms. The molecule has 0 fully saturated rings. The Morgan fingerprint density at radius 3 is 2.73 bits per heavy atom. The molecular weight excluding hydrogens is 305 g/mol. The second-order valence-electron chi connectivity index (χ2n) is 3.02. The van der Waals surface area contributed by atoms with E-state index in [4.69, 9.17) is 0 Å². The van der Waals surface area contributed by atoms with E-state index in [-0.39, 0.29) is 0 Å². The molecule has 0 spiro atoms. The van der Waals surface area contributed by atoms with Crippen LogP contribution in [0, 0.1) is 3.57 Å². The van der Waals surface area contributed by atoms with Crippen LogP contribution in [0.3, 0.4) is 0 Å². The fraction of sp³-hybridized carbons (Fsp3) is 0.222. The number of nitrogens with zero attached hydrogens (tertiary/aromatic N) is 4. The molecule has 0 saturated carbocycles. The highest BCUT2D eigenvalue weighted by Gasteiger charge is 1.99. The number of aromatic nitrogens is 4. The number of rotatable bonds is 3. The zero-order valence-corrected chi connectivity index (χ0v) is 10.3. The summed E-state index contributed by atoms with van der Waals surface area (Å²) in [5.41, 5.74) is 1.09. The average Bonchev–Trinajstić information content (AvgIpc) is 2.63. The number of aryl methyl sites for hydroxylation is 1. The van der Waals surface area contributed by atoms with Crippen LogP contribution in [0.1, 0.15) is 5.69 Å². The molecule has 1 N–H and O–H groups in total. The highest BCUT2D eigenvalue weighted by atomic mass is 127. The fourth-order valence-corrected chi connectivity index (χ4v) is 1.43. The molecule has 0 unspecified atom stereocenters. The Morgan fingerprint density at radius 1 is 1.40 bits per heavy atom. The minimum Gasteiger partial charge on any atom is -0.349 e. The lowest BCUT2D eigenvalue weighted by Gasteiger charge is -2.04. The molecule has 2 aromatic rings.